The summed E-state index contributed by atoms with van der Waals surface area (Å²) in [5.41, 5.74) is 7.66. The molecule has 1 fully saturated rings. The van der Waals surface area contributed by atoms with Crippen LogP contribution >= 0.6 is 21.6 Å². The van der Waals surface area contributed by atoms with E-state index in [9.17, 15) is 92.3 Å². The number of carbonyl (C=O) groups excluding carboxylic acids is 14. The number of aliphatic hydroxyl groups is 1. The molecule has 42 heteroatoms. The number of aromatic nitrogens is 4. The third-order valence-corrected chi connectivity index (χ3v) is 20.4. The van der Waals surface area contributed by atoms with Gasteiger partial charge in [-0.3, -0.25) is 76.7 Å². The van der Waals surface area contributed by atoms with E-state index in [0.717, 1.165) is 6.92 Å². The summed E-state index contributed by atoms with van der Waals surface area (Å²) in [6, 6.07) is -6.69. The molecule has 0 bridgehead atoms. The van der Waals surface area contributed by atoms with Crippen LogP contribution in [-0.4, -0.2) is 251 Å². The number of benzene rings is 2. The van der Waals surface area contributed by atoms with Gasteiger partial charge in [0, 0.05) is 77.6 Å². The van der Waals surface area contributed by atoms with Gasteiger partial charge >= 0.3 is 17.9 Å². The molecule has 0 spiro atoms. The fourth-order valence-corrected chi connectivity index (χ4v) is 14.3. The second-order valence-corrected chi connectivity index (χ2v) is 31.2. The minimum atomic E-state index is -2.00. The molecule has 1 aliphatic rings. The highest BCUT2D eigenvalue weighted by Crippen LogP contribution is 2.26. The molecule has 6 rings (SSSR count). The molecule has 23 N–H and O–H groups in total. The summed E-state index contributed by atoms with van der Waals surface area (Å²) in [6.45, 7) is 9.94. The van der Waals surface area contributed by atoms with E-state index in [1.54, 1.807) is 88.6 Å². The normalized spacial score (nSPS) is 22.3. The van der Waals surface area contributed by atoms with E-state index in [2.05, 4.69) is 94.4 Å². The Morgan fingerprint density at radius 3 is 1.62 bits per heavy atom. The van der Waals surface area contributed by atoms with Crippen molar-refractivity contribution in [3.8, 4) is 0 Å². The van der Waals surface area contributed by atoms with Gasteiger partial charge in [-0.15, -0.1) is 0 Å². The number of para-hydroxylation sites is 2. The molecule has 0 aliphatic carbocycles. The van der Waals surface area contributed by atoms with Crippen LogP contribution in [0.1, 0.15) is 104 Å². The molecule has 1 aliphatic heterocycles. The van der Waals surface area contributed by atoms with Crippen LogP contribution < -0.4 is 80.2 Å². The molecule has 13 atom stereocenters. The first kappa shape index (κ1) is 92.2. The highest BCUT2D eigenvalue weighted by molar-refractivity contribution is 8.76. The summed E-state index contributed by atoms with van der Waals surface area (Å²) in [4.78, 5) is 250. The monoisotopic (exact) mass is 1640 g/mol. The number of aliphatic hydroxyl groups excluding tert-OH is 1. The number of carboxylic acids is 3. The van der Waals surface area contributed by atoms with Crippen LogP contribution in [0.2, 0.25) is 0 Å². The number of hydrogen-bond acceptors (Lipinski definition) is 22. The largest absolute Gasteiger partial charge is 0.481 e. The number of rotatable bonds is 26. The third kappa shape index (κ3) is 29.4. The Bertz CT molecular complexity index is 4300. The molecule has 115 heavy (non-hydrogen) atoms. The molecule has 626 valence electrons. The Kier molecular flexibility index (Phi) is 35.8. The van der Waals surface area contributed by atoms with Crippen LogP contribution in [-0.2, 0) is 101 Å². The highest BCUT2D eigenvalue weighted by Gasteiger charge is 2.39. The van der Waals surface area contributed by atoms with Gasteiger partial charge in [0.1, 0.15) is 66.5 Å². The second kappa shape index (κ2) is 44.7. The van der Waals surface area contributed by atoms with E-state index in [1.165, 1.54) is 33.3 Å². The van der Waals surface area contributed by atoms with E-state index >= 15 is 9.59 Å². The first-order valence-electron chi connectivity index (χ1n) is 36.9. The zero-order chi connectivity index (χ0) is 84.9. The summed E-state index contributed by atoms with van der Waals surface area (Å²) < 4.78 is 0. The van der Waals surface area contributed by atoms with Crippen molar-refractivity contribution in [2.45, 2.75) is 185 Å². The van der Waals surface area contributed by atoms with Crippen molar-refractivity contribution in [2.75, 3.05) is 31.1 Å². The van der Waals surface area contributed by atoms with Crippen LogP contribution in [0.3, 0.4) is 0 Å². The predicted octanol–water partition coefficient (Wildman–Crippen LogP) is -3.62. The molecule has 0 saturated carbocycles. The lowest BCUT2D eigenvalue weighted by atomic mass is 9.98. The van der Waals surface area contributed by atoms with Gasteiger partial charge in [-0.2, -0.15) is 0 Å². The number of imidazole rings is 1. The number of nitrogens with zero attached hydrogens (tertiary/aromatic N) is 1. The Hall–Kier alpha value is -11.7. The quantitative estimate of drug-likeness (QED) is 0.0238. The van der Waals surface area contributed by atoms with Crippen molar-refractivity contribution in [3.05, 3.63) is 90.3 Å². The van der Waals surface area contributed by atoms with Crippen molar-refractivity contribution in [1.82, 2.24) is 94.4 Å². The first-order chi connectivity index (χ1) is 54.4. The number of aliphatic carboxylic acids is 3. The second-order valence-electron chi connectivity index (χ2n) is 28.6. The lowest BCUT2D eigenvalue weighted by Crippen LogP contribution is -2.61. The smallest absolute Gasteiger partial charge is 0.328 e. The third-order valence-electron chi connectivity index (χ3n) is 18.0. The lowest BCUT2D eigenvalue weighted by Gasteiger charge is -2.29. The molecular weight excluding hydrogens is 1540 g/mol. The molecule has 2 aromatic carbocycles. The summed E-state index contributed by atoms with van der Waals surface area (Å²) in [6.07, 6.45) is 0.526. The van der Waals surface area contributed by atoms with E-state index in [4.69, 9.17) is 5.73 Å². The van der Waals surface area contributed by atoms with Crippen LogP contribution in [0.4, 0.5) is 0 Å². The summed E-state index contributed by atoms with van der Waals surface area (Å²) in [5.74, 6) is -22.1. The molecule has 1 saturated heterocycles. The fraction of sp³-hybridized carbons (Fsp3) is 0.507. The Balaban J connectivity index is 1.47. The van der Waals surface area contributed by atoms with E-state index in [0.29, 0.717) is 54.5 Å². The minimum Gasteiger partial charge on any atom is -0.481 e. The SMILES string of the molecule is CC(C)C[C@@H]1NC(=O)[C@H](Cc2c[nH]cn2)NC(=O)[C@H](Cc2c[nH]c3ccccc23)NC(=O)[C@H](C)NC(=O)[C@@H](NC(=O)[C@H](CC(=O)O)NC(=O)CNC(=O)CN)CSSC[C@@H](C(=O)N[C@H](C(=O)O)[C@@H](C)O)NC(=O)[C@H](Cc2c[nH]c3ccccc23)NC(=O)[C@H](C(C)C)NC(=O)[C@H](CC(C)C)NC(=O)[C@H](CCC(=O)O)NC(=O)CNC1=O. The summed E-state index contributed by atoms with van der Waals surface area (Å²) in [7, 11) is 1.40. The maximum absolute atomic E-state index is 15.1. The number of carbonyl (C=O) groups is 17. The van der Waals surface area contributed by atoms with Gasteiger partial charge in [0.15, 0.2) is 6.04 Å². The molecular formula is C73H101N19O21S2. The average molecular weight is 1640 g/mol. The number of hydrogen-bond donors (Lipinski definition) is 22. The van der Waals surface area contributed by atoms with Gasteiger partial charge in [-0.05, 0) is 74.1 Å². The number of amides is 14. The van der Waals surface area contributed by atoms with Crippen LogP contribution in [0.15, 0.2) is 73.4 Å². The molecule has 0 unspecified atom stereocenters. The standard InChI is InChI=1S/C73H101N19O21S2/c1-34(2)19-47-63(102)79-30-57(96)82-46(17-18-58(97)98)64(103)86-48(20-35(3)4)69(108)91-60(36(5)6)72(111)88-50(22-40-27-77-45-16-12-10-14-43(40)45)66(105)90-54(71(110)92-61(38(8)93)73(112)113)32-115-114-31-53(89-68(107)52(24-59(99)100)83-56(95)29-78-55(94)25-74)70(109)81-37(7)62(101)84-49(21-39-26-76-44-15-11-9-13-42(39)44)65(104)87-51(67(106)85-47)23-41-28-75-33-80-41/h9-16,26-28,33-38,46-54,60-61,76-77,93H,17-25,29-32,74H2,1-8H3,(H,75,80)(H,78,94)(H,79,102)(H,81,109)(H,82,96)(H,83,95)(H,84,101)(H,85,106)(H,86,103)(H,87,104)(H,88,111)(H,89,107)(H,90,105)(H,91,108)(H,92,110)(H,97,98)(H,99,100)(H,112,113)/t37-,38+,46-,47-,48-,49-,50-,51-,52-,53-,54-,60-,61-/m0/s1. The summed E-state index contributed by atoms with van der Waals surface area (Å²) >= 11 is 0. The maximum Gasteiger partial charge on any atom is 0.328 e. The van der Waals surface area contributed by atoms with Crippen molar-refractivity contribution in [2.24, 2.45) is 23.5 Å². The lowest BCUT2D eigenvalue weighted by molar-refractivity contribution is -0.145. The number of H-pyrrole nitrogens is 3. The highest BCUT2D eigenvalue weighted by atomic mass is 33.1. The number of nitrogens with two attached hydrogens (primary N) is 1. The molecule has 4 heterocycles. The molecule has 40 nitrogen and oxygen atoms in total. The average Bonchev–Trinajstić information content (AvgIpc) is 1.71. The van der Waals surface area contributed by atoms with Crippen molar-refractivity contribution < 1.29 is 102 Å². The Morgan fingerprint density at radius 2 is 1.09 bits per heavy atom. The number of aromatic amines is 3. The summed E-state index contributed by atoms with van der Waals surface area (Å²) in [5, 5.41) is 76.1. The van der Waals surface area contributed by atoms with Gasteiger partial charge in [0.25, 0.3) is 0 Å². The topological polar surface area (TPSA) is 626 Å². The number of fused-ring (bicyclic) bond motifs is 2. The van der Waals surface area contributed by atoms with Gasteiger partial charge in [-0.1, -0.05) is 99.5 Å². The molecule has 14 amide bonds. The first-order valence-corrected chi connectivity index (χ1v) is 39.4. The number of nitrogens with one attached hydrogen (secondary N) is 17. The Labute approximate surface area is 667 Å². The Morgan fingerprint density at radius 1 is 0.565 bits per heavy atom. The van der Waals surface area contributed by atoms with E-state index in [1.807, 2.05) is 0 Å². The van der Waals surface area contributed by atoms with Crippen molar-refractivity contribution >= 4 is 144 Å². The van der Waals surface area contributed by atoms with Crippen molar-refractivity contribution in [3.63, 3.8) is 0 Å². The predicted molar refractivity (Wildman–Crippen MR) is 417 cm³/mol. The van der Waals surface area contributed by atoms with Gasteiger partial charge < -0.3 is 116 Å². The van der Waals surface area contributed by atoms with Crippen LogP contribution in [0.5, 0.6) is 0 Å². The molecule has 5 aromatic rings. The van der Waals surface area contributed by atoms with Gasteiger partial charge in [0.05, 0.1) is 44.2 Å². The van der Waals surface area contributed by atoms with Crippen LogP contribution in [0.25, 0.3) is 21.8 Å². The van der Waals surface area contributed by atoms with E-state index < -0.39 is 236 Å². The number of carboxylic acid groups (broad SMARTS) is 3. The van der Waals surface area contributed by atoms with Crippen molar-refractivity contribution in [1.29, 1.82) is 0 Å². The molecule has 3 aromatic heterocycles. The minimum absolute atomic E-state index is 0.0757. The van der Waals surface area contributed by atoms with Crippen LogP contribution in [0, 0.1) is 17.8 Å². The van der Waals surface area contributed by atoms with Gasteiger partial charge in [-0.25, -0.2) is 9.78 Å². The fourth-order valence-electron chi connectivity index (χ4n) is 12.0. The maximum atomic E-state index is 15.1. The van der Waals surface area contributed by atoms with E-state index in [-0.39, 0.29) is 49.6 Å². The zero-order valence-corrected chi connectivity index (χ0v) is 66.1. The zero-order valence-electron chi connectivity index (χ0n) is 64.4. The molecule has 0 radical (unpaired) electrons. The van der Waals surface area contributed by atoms with Gasteiger partial charge in [0.2, 0.25) is 82.7 Å².